The molecule has 1 aliphatic rings. The second kappa shape index (κ2) is 15.6. The maximum absolute atomic E-state index is 13.9. The molecule has 14 heteroatoms. The average Bonchev–Trinajstić information content (AvgIpc) is 3.45. The summed E-state index contributed by atoms with van der Waals surface area (Å²) in [6.07, 6.45) is 2.10. The molecule has 0 saturated carbocycles. The van der Waals surface area contributed by atoms with Crippen molar-refractivity contribution in [1.82, 2.24) is 25.8 Å². The molecule has 1 fully saturated rings. The fraction of sp³-hybridized carbons (Fsp3) is 0.406. The third kappa shape index (κ3) is 8.55. The number of aromatic hydroxyl groups is 1. The number of hydrogen-bond donors (Lipinski definition) is 7. The zero-order valence-electron chi connectivity index (χ0n) is 25.4. The Morgan fingerprint density at radius 2 is 1.72 bits per heavy atom. The predicted molar refractivity (Wildman–Crippen MR) is 171 cm³/mol. The van der Waals surface area contributed by atoms with E-state index in [1.54, 1.807) is 18.3 Å². The summed E-state index contributed by atoms with van der Waals surface area (Å²) >= 11 is 5.60. The standard InChI is InChI=1S/C32H39ClN6O7/c1-18(40)28(38-27(42)16-33)32(46)39-13-5-4-8-26(39)31(45)37-25(15-20-17-35-23-7-3-2-6-22(20)23)30(44)36-24(29(34)43)14-19-9-11-21(41)12-10-19/h2-3,6-7,9-12,17-18,24-26,28,35,40-41H,4-5,8,13-16H2,1H3,(H2,34,43)(H,36,44)(H,37,45)(H,38,42)/t18?,24-,25-,26-,28-/m0/s1. The van der Waals surface area contributed by atoms with Gasteiger partial charge in [0.05, 0.1) is 6.10 Å². The number of alkyl halides is 1. The van der Waals surface area contributed by atoms with Crippen LogP contribution in [-0.2, 0) is 36.8 Å². The van der Waals surface area contributed by atoms with Gasteiger partial charge in [0.15, 0.2) is 0 Å². The molecule has 0 spiro atoms. The number of aromatic nitrogens is 1. The number of piperidine rings is 1. The number of aromatic amines is 1. The topological polar surface area (TPSA) is 207 Å². The van der Waals surface area contributed by atoms with Gasteiger partial charge in [0, 0.05) is 36.5 Å². The van der Waals surface area contributed by atoms with Crippen molar-refractivity contribution in [2.24, 2.45) is 5.73 Å². The normalized spacial score (nSPS) is 17.4. The number of nitrogens with one attached hydrogen (secondary N) is 4. The Labute approximate surface area is 270 Å². The number of phenols is 1. The minimum Gasteiger partial charge on any atom is -0.508 e. The number of rotatable bonds is 13. The number of aliphatic hydroxyl groups excluding tert-OH is 1. The van der Waals surface area contributed by atoms with Crippen LogP contribution in [-0.4, -0.2) is 92.3 Å². The van der Waals surface area contributed by atoms with Crippen LogP contribution in [0.5, 0.6) is 5.75 Å². The van der Waals surface area contributed by atoms with Gasteiger partial charge < -0.3 is 41.8 Å². The number of benzene rings is 2. The van der Waals surface area contributed by atoms with Crippen LogP contribution in [0.3, 0.4) is 0 Å². The van der Waals surface area contributed by atoms with E-state index in [2.05, 4.69) is 20.9 Å². The lowest BCUT2D eigenvalue weighted by Gasteiger charge is -2.38. The first-order valence-corrected chi connectivity index (χ1v) is 15.6. The molecule has 0 radical (unpaired) electrons. The molecule has 2 heterocycles. The zero-order valence-corrected chi connectivity index (χ0v) is 26.1. The highest BCUT2D eigenvalue weighted by Crippen LogP contribution is 2.22. The number of aliphatic hydroxyl groups is 1. The molecule has 4 rings (SSSR count). The fourth-order valence-corrected chi connectivity index (χ4v) is 5.68. The van der Waals surface area contributed by atoms with Gasteiger partial charge in [-0.25, -0.2) is 0 Å². The summed E-state index contributed by atoms with van der Waals surface area (Å²) in [5, 5.41) is 28.6. The Morgan fingerprint density at radius 3 is 2.39 bits per heavy atom. The number of likely N-dealkylation sites (tertiary alicyclic amines) is 1. The number of halogens is 1. The highest BCUT2D eigenvalue weighted by molar-refractivity contribution is 6.27. The lowest BCUT2D eigenvalue weighted by molar-refractivity contribution is -0.147. The number of carbonyl (C=O) groups excluding carboxylic acids is 5. The summed E-state index contributed by atoms with van der Waals surface area (Å²) < 4.78 is 0. The van der Waals surface area contributed by atoms with E-state index in [1.807, 2.05) is 24.3 Å². The summed E-state index contributed by atoms with van der Waals surface area (Å²) in [6, 6.07) is 8.98. The third-order valence-electron chi connectivity index (χ3n) is 8.04. The van der Waals surface area contributed by atoms with Crippen molar-refractivity contribution in [3.8, 4) is 5.75 Å². The number of para-hydroxylation sites is 1. The molecule has 5 atom stereocenters. The number of phenolic OH excluding ortho intramolecular Hbond substituents is 1. The number of H-pyrrole nitrogens is 1. The Kier molecular flexibility index (Phi) is 11.6. The highest BCUT2D eigenvalue weighted by Gasteiger charge is 2.39. The lowest BCUT2D eigenvalue weighted by atomic mass is 9.97. The van der Waals surface area contributed by atoms with Crippen LogP contribution < -0.4 is 21.7 Å². The number of nitrogens with zero attached hydrogens (tertiary/aromatic N) is 1. The molecule has 5 amide bonds. The van der Waals surface area contributed by atoms with Crippen molar-refractivity contribution in [3.05, 3.63) is 65.9 Å². The number of amides is 5. The minimum atomic E-state index is -1.32. The van der Waals surface area contributed by atoms with Gasteiger partial charge in [0.25, 0.3) is 0 Å². The Bertz CT molecular complexity index is 1560. The van der Waals surface area contributed by atoms with Gasteiger partial charge >= 0.3 is 0 Å². The molecule has 2 aromatic carbocycles. The summed E-state index contributed by atoms with van der Waals surface area (Å²) in [5.41, 5.74) is 7.85. The van der Waals surface area contributed by atoms with Crippen LogP contribution >= 0.6 is 11.6 Å². The smallest absolute Gasteiger partial charge is 0.248 e. The van der Waals surface area contributed by atoms with Gasteiger partial charge in [-0.05, 0) is 55.5 Å². The Hall–Kier alpha value is -4.62. The van der Waals surface area contributed by atoms with Crippen molar-refractivity contribution in [2.45, 2.75) is 69.3 Å². The molecule has 246 valence electrons. The highest BCUT2D eigenvalue weighted by atomic mass is 35.5. The summed E-state index contributed by atoms with van der Waals surface area (Å²) in [7, 11) is 0. The van der Waals surface area contributed by atoms with Crippen LogP contribution in [0.15, 0.2) is 54.7 Å². The van der Waals surface area contributed by atoms with Crippen molar-refractivity contribution < 1.29 is 34.2 Å². The van der Waals surface area contributed by atoms with Gasteiger partial charge in [0.2, 0.25) is 29.5 Å². The summed E-state index contributed by atoms with van der Waals surface area (Å²) in [4.78, 5) is 70.0. The maximum Gasteiger partial charge on any atom is 0.248 e. The van der Waals surface area contributed by atoms with Gasteiger partial charge in [-0.1, -0.05) is 30.3 Å². The molecule has 0 bridgehead atoms. The summed E-state index contributed by atoms with van der Waals surface area (Å²) in [5.74, 6) is -3.71. The minimum absolute atomic E-state index is 0.0429. The van der Waals surface area contributed by atoms with Gasteiger partial charge in [0.1, 0.15) is 35.8 Å². The molecule has 1 aliphatic heterocycles. The molecular formula is C32H39ClN6O7. The Morgan fingerprint density at radius 1 is 1.00 bits per heavy atom. The number of primary amides is 1. The largest absolute Gasteiger partial charge is 0.508 e. The SMILES string of the molecule is CC(O)[C@H](NC(=O)CCl)C(=O)N1CCCC[C@H]1C(=O)N[C@@H](Cc1c[nH]c2ccccc12)C(=O)N[C@@H](Cc1ccc(O)cc1)C(N)=O. The predicted octanol–water partition coefficient (Wildman–Crippen LogP) is 0.599. The molecule has 1 unspecified atom stereocenters. The number of hydrogen-bond acceptors (Lipinski definition) is 7. The molecule has 46 heavy (non-hydrogen) atoms. The number of carbonyl (C=O) groups is 5. The van der Waals surface area contributed by atoms with E-state index in [9.17, 15) is 34.2 Å². The Balaban J connectivity index is 1.59. The van der Waals surface area contributed by atoms with Gasteiger partial charge in [-0.3, -0.25) is 24.0 Å². The molecule has 13 nitrogen and oxygen atoms in total. The van der Waals surface area contributed by atoms with Crippen LogP contribution in [0.4, 0.5) is 0 Å². The lowest BCUT2D eigenvalue weighted by Crippen LogP contribution is -2.62. The van der Waals surface area contributed by atoms with E-state index in [4.69, 9.17) is 17.3 Å². The quantitative estimate of drug-likeness (QED) is 0.131. The molecule has 8 N–H and O–H groups in total. The first-order chi connectivity index (χ1) is 22.0. The van der Waals surface area contributed by atoms with E-state index in [1.165, 1.54) is 24.0 Å². The van der Waals surface area contributed by atoms with E-state index in [-0.39, 0.29) is 25.1 Å². The monoisotopic (exact) mass is 654 g/mol. The molecule has 0 aliphatic carbocycles. The van der Waals surface area contributed by atoms with Crippen molar-refractivity contribution >= 4 is 52.0 Å². The number of nitrogens with two attached hydrogens (primary N) is 1. The van der Waals surface area contributed by atoms with Crippen molar-refractivity contribution in [1.29, 1.82) is 0 Å². The third-order valence-corrected chi connectivity index (χ3v) is 8.29. The number of fused-ring (bicyclic) bond motifs is 1. The zero-order chi connectivity index (χ0) is 33.4. The van der Waals surface area contributed by atoms with Crippen LogP contribution in [0.2, 0.25) is 0 Å². The van der Waals surface area contributed by atoms with E-state index in [0.29, 0.717) is 24.8 Å². The first kappa shape index (κ1) is 34.3. The van der Waals surface area contributed by atoms with E-state index < -0.39 is 65.7 Å². The average molecular weight is 655 g/mol. The second-order valence-corrected chi connectivity index (χ2v) is 11.7. The molecule has 1 aromatic heterocycles. The fourth-order valence-electron chi connectivity index (χ4n) is 5.61. The van der Waals surface area contributed by atoms with Gasteiger partial charge in [-0.2, -0.15) is 0 Å². The van der Waals surface area contributed by atoms with Gasteiger partial charge in [-0.15, -0.1) is 11.6 Å². The van der Waals surface area contributed by atoms with E-state index in [0.717, 1.165) is 16.5 Å². The van der Waals surface area contributed by atoms with Crippen molar-refractivity contribution in [3.63, 3.8) is 0 Å². The maximum atomic E-state index is 13.9. The molecule has 1 saturated heterocycles. The van der Waals surface area contributed by atoms with Crippen molar-refractivity contribution in [2.75, 3.05) is 12.4 Å². The first-order valence-electron chi connectivity index (χ1n) is 15.0. The molecule has 3 aromatic rings. The second-order valence-electron chi connectivity index (χ2n) is 11.4. The van der Waals surface area contributed by atoms with Crippen LogP contribution in [0.25, 0.3) is 10.9 Å². The van der Waals surface area contributed by atoms with E-state index >= 15 is 0 Å². The summed E-state index contributed by atoms with van der Waals surface area (Å²) in [6.45, 7) is 1.55. The van der Waals surface area contributed by atoms with Crippen LogP contribution in [0, 0.1) is 0 Å². The van der Waals surface area contributed by atoms with Crippen LogP contribution in [0.1, 0.15) is 37.3 Å². The molecular weight excluding hydrogens is 616 g/mol.